The Hall–Kier alpha value is -1.87. The number of hydrogen-bond acceptors (Lipinski definition) is 6. The van der Waals surface area contributed by atoms with Crippen LogP contribution in [0.25, 0.3) is 0 Å². The van der Waals surface area contributed by atoms with Gasteiger partial charge in [0.25, 0.3) is 0 Å². The summed E-state index contributed by atoms with van der Waals surface area (Å²) in [6.45, 7) is 26.3. The minimum atomic E-state index is -2.49. The topological polar surface area (TPSA) is 111 Å². The number of aliphatic hydroxyl groups is 1. The Morgan fingerprint density at radius 3 is 2.46 bits per heavy atom. The van der Waals surface area contributed by atoms with Gasteiger partial charge in [0.05, 0.1) is 5.57 Å². The monoisotopic (exact) mass is 672 g/mol. The van der Waals surface area contributed by atoms with Crippen LogP contribution in [-0.4, -0.2) is 48.1 Å². The van der Waals surface area contributed by atoms with Crippen molar-refractivity contribution in [1.82, 2.24) is 5.32 Å². The molecule has 2 saturated carbocycles. The van der Waals surface area contributed by atoms with Gasteiger partial charge in [-0.05, 0) is 117 Å². The number of fused-ring (bicyclic) bond motifs is 3. The lowest BCUT2D eigenvalue weighted by atomic mass is 9.53. The quantitative estimate of drug-likeness (QED) is 0.0956. The van der Waals surface area contributed by atoms with E-state index in [1.807, 2.05) is 13.1 Å². The van der Waals surface area contributed by atoms with Crippen LogP contribution in [0.15, 0.2) is 47.7 Å². The van der Waals surface area contributed by atoms with E-state index in [0.29, 0.717) is 17.6 Å². The van der Waals surface area contributed by atoms with Gasteiger partial charge in [0, 0.05) is 11.8 Å². The molecule has 2 heterocycles. The van der Waals surface area contributed by atoms with Crippen molar-refractivity contribution in [3.8, 4) is 0 Å². The fourth-order valence-electron chi connectivity index (χ4n) is 9.78. The van der Waals surface area contributed by atoms with Crippen molar-refractivity contribution in [2.45, 2.75) is 122 Å². The number of halogens is 1. The maximum Gasteiger partial charge on any atom is 0.337 e. The number of cyclic esters (lactones) is 1. The zero-order chi connectivity index (χ0) is 34.4. The molecule has 9 heteroatoms. The number of nitrogens with two attached hydrogens (primary N) is 1. The number of hydrogen-bond donors (Lipinski definition) is 3. The number of esters is 1. The molecule has 7 nitrogen and oxygen atoms in total. The Balaban J connectivity index is 1.59. The molecule has 0 aromatic carbocycles. The van der Waals surface area contributed by atoms with Gasteiger partial charge in [0.2, 0.25) is 5.91 Å². The average molecular weight is 673 g/mol. The molecule has 11 atom stereocenters. The van der Waals surface area contributed by atoms with Crippen molar-refractivity contribution in [2.24, 2.45) is 52.6 Å². The number of carbonyl (C=O) groups excluding carboxylic acids is 2. The summed E-state index contributed by atoms with van der Waals surface area (Å²) in [5, 5.41) is 16.2. The second kappa shape index (κ2) is 11.6. The summed E-state index contributed by atoms with van der Waals surface area (Å²) in [6, 6.07) is 0. The van der Waals surface area contributed by atoms with Crippen molar-refractivity contribution >= 4 is 31.8 Å². The number of dihydropyridines is 1. The number of primary amides is 1. The fraction of sp³-hybridized carbons (Fsp3) is 0.730. The number of rotatable bonds is 5. The third kappa shape index (κ3) is 5.38. The standard InChI is InChI=1S/C37H57ClN2O5Si/c1-20(2)30-28-17-24-22(4)36(43)26(23(5)44-33(42)31(36)45-46(10,11)34(6,7)8)15-14-21(3)25(24)18-35(28,9)19-29(30)37(38)27(32(39)41)13-12-16-40-37/h12-14,16,20,23-26,28-31,40,43H,4,15,17-19H2,1-3,5-11H3,(H2,39,41)/b21-14-. The third-order valence-electron chi connectivity index (χ3n) is 13.3. The first kappa shape index (κ1) is 35.4. The van der Waals surface area contributed by atoms with Gasteiger partial charge in [-0.25, -0.2) is 4.79 Å². The fourth-order valence-corrected chi connectivity index (χ4v) is 11.4. The molecule has 0 radical (unpaired) electrons. The molecule has 0 aromatic rings. The zero-order valence-electron chi connectivity index (χ0n) is 29.6. The summed E-state index contributed by atoms with van der Waals surface area (Å²) < 4.78 is 12.7. The second-order valence-electron chi connectivity index (χ2n) is 17.2. The summed E-state index contributed by atoms with van der Waals surface area (Å²) in [4.78, 5) is 25.3. The molecule has 5 aliphatic rings. The number of ether oxygens (including phenoxy) is 1. The molecule has 256 valence electrons. The van der Waals surface area contributed by atoms with Crippen LogP contribution in [-0.2, 0) is 18.8 Å². The summed E-state index contributed by atoms with van der Waals surface area (Å²) in [5.74, 6) is -0.662. The normalized spacial score (nSPS) is 44.0. The zero-order valence-corrected chi connectivity index (χ0v) is 31.3. The summed E-state index contributed by atoms with van der Waals surface area (Å²) in [7, 11) is -2.49. The van der Waals surface area contributed by atoms with E-state index in [1.165, 1.54) is 5.57 Å². The molecule has 0 aromatic heterocycles. The van der Waals surface area contributed by atoms with E-state index in [-0.39, 0.29) is 51.9 Å². The molecule has 1 saturated heterocycles. The van der Waals surface area contributed by atoms with Crippen molar-refractivity contribution in [2.75, 3.05) is 0 Å². The highest BCUT2D eigenvalue weighted by atomic mass is 35.5. The number of amides is 1. The Bertz CT molecular complexity index is 1380. The minimum absolute atomic E-state index is 0.0508. The molecule has 5 rings (SSSR count). The Labute approximate surface area is 282 Å². The highest BCUT2D eigenvalue weighted by Gasteiger charge is 2.65. The van der Waals surface area contributed by atoms with Gasteiger partial charge in [-0.15, -0.1) is 0 Å². The molecule has 0 bridgehead atoms. The molecule has 3 aliphatic carbocycles. The third-order valence-corrected chi connectivity index (χ3v) is 18.3. The first-order chi connectivity index (χ1) is 21.1. The number of carbonyl (C=O) groups is 2. The largest absolute Gasteiger partial charge is 0.460 e. The number of allylic oxidation sites excluding steroid dienone is 4. The molecule has 0 spiro atoms. The highest BCUT2D eigenvalue weighted by Crippen LogP contribution is 2.67. The van der Waals surface area contributed by atoms with E-state index in [0.717, 1.165) is 19.3 Å². The van der Waals surface area contributed by atoms with Crippen LogP contribution in [0, 0.1) is 46.8 Å². The molecular weight excluding hydrogens is 616 g/mol. The lowest BCUT2D eigenvalue weighted by Gasteiger charge is -2.56. The first-order valence-electron chi connectivity index (χ1n) is 17.2. The Morgan fingerprint density at radius 1 is 1.22 bits per heavy atom. The van der Waals surface area contributed by atoms with E-state index < -0.39 is 43.0 Å². The Morgan fingerprint density at radius 2 is 1.87 bits per heavy atom. The van der Waals surface area contributed by atoms with Crippen molar-refractivity contribution in [3.05, 3.63) is 47.7 Å². The molecule has 1 amide bonds. The van der Waals surface area contributed by atoms with Crippen molar-refractivity contribution in [1.29, 1.82) is 0 Å². The number of nitrogens with one attached hydrogen (secondary N) is 1. The predicted octanol–water partition coefficient (Wildman–Crippen LogP) is 6.98. The molecule has 3 fully saturated rings. The minimum Gasteiger partial charge on any atom is -0.460 e. The molecule has 11 unspecified atom stereocenters. The van der Waals surface area contributed by atoms with Gasteiger partial charge in [-0.2, -0.15) is 0 Å². The van der Waals surface area contributed by atoms with Crippen LogP contribution in [0.4, 0.5) is 0 Å². The van der Waals surface area contributed by atoms with Crippen LogP contribution < -0.4 is 11.1 Å². The smallest absolute Gasteiger partial charge is 0.337 e. The van der Waals surface area contributed by atoms with E-state index >= 15 is 0 Å². The lowest BCUT2D eigenvalue weighted by molar-refractivity contribution is -0.206. The second-order valence-corrected chi connectivity index (χ2v) is 22.6. The maximum absolute atomic E-state index is 13.7. The SMILES string of the molecule is C=C1C2CC3C(C(C)C)C(C4(Cl)NC=CC=C4C(N)=O)CC3(C)CC2/C(C)=C\CC2C(C)OC(=O)C(O[Si](C)(C)C(C)(C)C)C12O. The van der Waals surface area contributed by atoms with Gasteiger partial charge in [0.15, 0.2) is 14.4 Å². The first-order valence-corrected chi connectivity index (χ1v) is 20.5. The maximum atomic E-state index is 13.7. The summed E-state index contributed by atoms with van der Waals surface area (Å²) >= 11 is 7.47. The van der Waals surface area contributed by atoms with Crippen LogP contribution in [0.5, 0.6) is 0 Å². The molecule has 4 N–H and O–H groups in total. The van der Waals surface area contributed by atoms with Crippen LogP contribution in [0.1, 0.15) is 81.1 Å². The van der Waals surface area contributed by atoms with Crippen LogP contribution in [0.2, 0.25) is 18.1 Å². The van der Waals surface area contributed by atoms with Gasteiger partial charge < -0.3 is 25.3 Å². The summed E-state index contributed by atoms with van der Waals surface area (Å²) in [5.41, 5.74) is 6.65. The van der Waals surface area contributed by atoms with Crippen LogP contribution in [0.3, 0.4) is 0 Å². The van der Waals surface area contributed by atoms with E-state index in [1.54, 1.807) is 12.2 Å². The van der Waals surface area contributed by atoms with Crippen molar-refractivity contribution < 1.29 is 23.9 Å². The van der Waals surface area contributed by atoms with Crippen LogP contribution >= 0.6 is 11.6 Å². The summed E-state index contributed by atoms with van der Waals surface area (Å²) in [6.07, 6.45) is 9.10. The molecule has 2 aliphatic heterocycles. The van der Waals surface area contributed by atoms with E-state index in [4.69, 9.17) is 33.1 Å². The van der Waals surface area contributed by atoms with Crippen molar-refractivity contribution in [3.63, 3.8) is 0 Å². The van der Waals surface area contributed by atoms with E-state index in [2.05, 4.69) is 73.0 Å². The van der Waals surface area contributed by atoms with Gasteiger partial charge in [-0.1, -0.05) is 71.4 Å². The van der Waals surface area contributed by atoms with E-state index in [9.17, 15) is 14.7 Å². The highest BCUT2D eigenvalue weighted by molar-refractivity contribution is 6.74. The molecular formula is C37H57ClN2O5Si. The Kier molecular flexibility index (Phi) is 8.96. The average Bonchev–Trinajstić information content (AvgIpc) is 3.26. The lowest BCUT2D eigenvalue weighted by Crippen LogP contribution is -2.67. The number of alkyl halides is 1. The van der Waals surface area contributed by atoms with Gasteiger partial charge in [-0.3, -0.25) is 4.79 Å². The molecule has 46 heavy (non-hydrogen) atoms. The predicted molar refractivity (Wildman–Crippen MR) is 186 cm³/mol. The van der Waals surface area contributed by atoms with Gasteiger partial charge in [0.1, 0.15) is 16.7 Å². The van der Waals surface area contributed by atoms with Gasteiger partial charge >= 0.3 is 5.97 Å².